The Morgan fingerprint density at radius 1 is 1.07 bits per heavy atom. The van der Waals surface area contributed by atoms with Gasteiger partial charge in [-0.15, -0.1) is 0 Å². The molecular formula is C25H44O5. The number of carbonyl (C=O) groups excluding carboxylic acids is 1. The smallest absolute Gasteiger partial charge is 0.311 e. The van der Waals surface area contributed by atoms with Crippen molar-refractivity contribution in [1.82, 2.24) is 0 Å². The maximum Gasteiger partial charge on any atom is 0.311 e. The number of hydrogen-bond acceptors (Lipinski definition) is 5. The second kappa shape index (κ2) is 8.37. The first-order valence-electron chi connectivity index (χ1n) is 12.1. The van der Waals surface area contributed by atoms with E-state index >= 15 is 0 Å². The molecule has 1 heterocycles. The van der Waals surface area contributed by atoms with Crippen molar-refractivity contribution in [3.05, 3.63) is 0 Å². The molecule has 0 radical (unpaired) electrons. The predicted octanol–water partition coefficient (Wildman–Crippen LogP) is 5.44. The number of carbonyl (C=O) groups is 1. The molecule has 3 rings (SSSR count). The Bertz CT molecular complexity index is 627. The molecule has 0 aromatic rings. The van der Waals surface area contributed by atoms with Crippen LogP contribution in [0.1, 0.15) is 99.3 Å². The molecule has 30 heavy (non-hydrogen) atoms. The van der Waals surface area contributed by atoms with Crippen LogP contribution in [0.3, 0.4) is 0 Å². The van der Waals surface area contributed by atoms with Crippen LogP contribution < -0.4 is 0 Å². The van der Waals surface area contributed by atoms with Crippen LogP contribution >= 0.6 is 0 Å². The third-order valence-corrected chi connectivity index (χ3v) is 9.97. The van der Waals surface area contributed by atoms with Crippen molar-refractivity contribution < 1.29 is 24.4 Å². The molecule has 0 spiro atoms. The number of esters is 1. The molecule has 8 atom stereocenters. The Morgan fingerprint density at radius 3 is 2.37 bits per heavy atom. The van der Waals surface area contributed by atoms with Gasteiger partial charge < -0.3 is 9.84 Å². The zero-order chi connectivity index (χ0) is 22.4. The quantitative estimate of drug-likeness (QED) is 0.470. The third kappa shape index (κ3) is 3.73. The fourth-order valence-electron chi connectivity index (χ4n) is 6.84. The maximum atomic E-state index is 12.2. The van der Waals surface area contributed by atoms with Gasteiger partial charge in [-0.1, -0.05) is 34.1 Å². The molecule has 0 amide bonds. The lowest BCUT2D eigenvalue weighted by Gasteiger charge is -2.66. The molecule has 5 heteroatoms. The van der Waals surface area contributed by atoms with Gasteiger partial charge in [0, 0.05) is 0 Å². The molecule has 5 nitrogen and oxygen atoms in total. The highest BCUT2D eigenvalue weighted by Crippen LogP contribution is 2.65. The predicted molar refractivity (Wildman–Crippen MR) is 117 cm³/mol. The van der Waals surface area contributed by atoms with Crippen molar-refractivity contribution in [1.29, 1.82) is 0 Å². The molecule has 1 N–H and O–H groups in total. The first kappa shape index (κ1) is 24.0. The maximum absolute atomic E-state index is 12.2. The minimum absolute atomic E-state index is 0.0155. The first-order chi connectivity index (χ1) is 13.9. The lowest BCUT2D eigenvalue weighted by molar-refractivity contribution is -0.412. The highest BCUT2D eigenvalue weighted by atomic mass is 17.2. The van der Waals surface area contributed by atoms with Crippen LogP contribution in [0.4, 0.5) is 0 Å². The summed E-state index contributed by atoms with van der Waals surface area (Å²) in [6.07, 6.45) is 8.65. The van der Waals surface area contributed by atoms with Gasteiger partial charge in [0.1, 0.15) is 11.7 Å². The van der Waals surface area contributed by atoms with E-state index in [0.29, 0.717) is 11.8 Å². The Hall–Kier alpha value is -0.650. The molecule has 2 saturated carbocycles. The molecule has 0 aromatic heterocycles. The number of rotatable bonds is 5. The molecule has 0 unspecified atom stereocenters. The number of methoxy groups -OCH3 is 1. The van der Waals surface area contributed by atoms with Crippen molar-refractivity contribution in [3.8, 4) is 0 Å². The molecule has 0 bridgehead atoms. The summed E-state index contributed by atoms with van der Waals surface area (Å²) in [5.41, 5.74) is -1.18. The Labute approximate surface area is 183 Å². The average Bonchev–Trinajstić information content (AvgIpc) is 2.72. The van der Waals surface area contributed by atoms with E-state index in [1.807, 2.05) is 6.92 Å². The van der Waals surface area contributed by atoms with E-state index in [1.54, 1.807) is 0 Å². The van der Waals surface area contributed by atoms with Gasteiger partial charge in [-0.3, -0.25) is 4.79 Å². The van der Waals surface area contributed by atoms with Crippen molar-refractivity contribution >= 4 is 5.97 Å². The normalized spacial score (nSPS) is 47.9. The van der Waals surface area contributed by atoms with Gasteiger partial charge in [0.15, 0.2) is 0 Å². The molecule has 1 aliphatic heterocycles. The average molecular weight is 425 g/mol. The Balaban J connectivity index is 1.70. The van der Waals surface area contributed by atoms with Gasteiger partial charge >= 0.3 is 5.97 Å². The number of fused-ring (bicyclic) bond motifs is 1. The van der Waals surface area contributed by atoms with Gasteiger partial charge in [-0.2, -0.15) is 0 Å². The minimum Gasteiger partial charge on any atom is -0.469 e. The van der Waals surface area contributed by atoms with Crippen LogP contribution in [0.2, 0.25) is 0 Å². The summed E-state index contributed by atoms with van der Waals surface area (Å²) in [6.45, 7) is 13.3. The van der Waals surface area contributed by atoms with E-state index in [0.717, 1.165) is 44.9 Å². The lowest BCUT2D eigenvalue weighted by Crippen LogP contribution is -2.66. The van der Waals surface area contributed by atoms with E-state index in [2.05, 4.69) is 34.6 Å². The van der Waals surface area contributed by atoms with Crippen LogP contribution in [-0.2, 0) is 19.3 Å². The summed E-state index contributed by atoms with van der Waals surface area (Å²) in [7, 11) is 1.41. The molecule has 174 valence electrons. The summed E-state index contributed by atoms with van der Waals surface area (Å²) in [4.78, 5) is 23.4. The highest BCUT2D eigenvalue weighted by molar-refractivity contribution is 5.72. The van der Waals surface area contributed by atoms with Gasteiger partial charge in [0.05, 0.1) is 18.6 Å². The number of aliphatic hydroxyl groups is 1. The first-order valence-corrected chi connectivity index (χ1v) is 12.1. The van der Waals surface area contributed by atoms with E-state index in [4.69, 9.17) is 14.5 Å². The second-order valence-electron chi connectivity index (χ2n) is 11.4. The SMILES string of the molecule is COC(=O)[C@H](C)[C@@H]1CC[C@@](C)(CC[C@@]2(C)[C@@H](C)CC[C@]3(C)[C@@H](C)CCC[C@@]23O)OO1. The number of ether oxygens (including phenoxy) is 1. The van der Waals surface area contributed by atoms with Crippen LogP contribution in [0, 0.1) is 28.6 Å². The largest absolute Gasteiger partial charge is 0.469 e. The van der Waals surface area contributed by atoms with Gasteiger partial charge in [0.2, 0.25) is 0 Å². The monoisotopic (exact) mass is 424 g/mol. The molecule has 3 aliphatic rings. The van der Waals surface area contributed by atoms with Crippen LogP contribution in [0.25, 0.3) is 0 Å². The topological polar surface area (TPSA) is 65.0 Å². The van der Waals surface area contributed by atoms with E-state index in [9.17, 15) is 9.90 Å². The van der Waals surface area contributed by atoms with Crippen molar-refractivity contribution in [2.75, 3.05) is 7.11 Å². The summed E-state index contributed by atoms with van der Waals surface area (Å²) >= 11 is 0. The summed E-state index contributed by atoms with van der Waals surface area (Å²) in [5.74, 6) is 0.429. The minimum atomic E-state index is -0.636. The Kier molecular flexibility index (Phi) is 6.69. The molecule has 3 fully saturated rings. The van der Waals surface area contributed by atoms with E-state index in [1.165, 1.54) is 20.0 Å². The van der Waals surface area contributed by atoms with Gasteiger partial charge in [-0.05, 0) is 87.9 Å². The molecule has 2 aliphatic carbocycles. The molecule has 1 saturated heterocycles. The fourth-order valence-corrected chi connectivity index (χ4v) is 6.84. The van der Waals surface area contributed by atoms with Crippen LogP contribution in [-0.4, -0.2) is 35.5 Å². The van der Waals surface area contributed by atoms with E-state index in [-0.39, 0.29) is 34.4 Å². The van der Waals surface area contributed by atoms with Crippen LogP contribution in [0.5, 0.6) is 0 Å². The van der Waals surface area contributed by atoms with Gasteiger partial charge in [0.25, 0.3) is 0 Å². The summed E-state index contributed by atoms with van der Waals surface area (Å²) in [5, 5.41) is 12.2. The van der Waals surface area contributed by atoms with Crippen molar-refractivity contribution in [2.24, 2.45) is 28.6 Å². The summed E-state index contributed by atoms with van der Waals surface area (Å²) < 4.78 is 4.85. The third-order valence-electron chi connectivity index (χ3n) is 9.97. The molecular weight excluding hydrogens is 380 g/mol. The van der Waals surface area contributed by atoms with E-state index < -0.39 is 5.60 Å². The van der Waals surface area contributed by atoms with Gasteiger partial charge in [-0.25, -0.2) is 9.78 Å². The zero-order valence-corrected chi connectivity index (χ0v) is 20.3. The highest BCUT2D eigenvalue weighted by Gasteiger charge is 2.64. The van der Waals surface area contributed by atoms with Crippen LogP contribution in [0.15, 0.2) is 0 Å². The standard InChI is InChI=1S/C25H44O5/c1-17-9-8-12-25(27)23(17,5)14-10-18(2)24(25,6)16-15-22(4)13-11-20(29-30-22)19(3)21(26)28-7/h17-20,27H,8-16H2,1-7H3/t17-,18-,19+,20-,22-,23+,24-,25-/m0/s1. The fraction of sp³-hybridized carbons (Fsp3) is 0.960. The molecule has 0 aromatic carbocycles. The lowest BCUT2D eigenvalue weighted by atomic mass is 9.42. The Morgan fingerprint density at radius 2 is 1.77 bits per heavy atom. The number of hydrogen-bond donors (Lipinski definition) is 1. The second-order valence-corrected chi connectivity index (χ2v) is 11.4. The summed E-state index contributed by atoms with van der Waals surface area (Å²) in [6, 6.07) is 0. The zero-order valence-electron chi connectivity index (χ0n) is 20.3. The van der Waals surface area contributed by atoms with Crippen molar-refractivity contribution in [2.45, 2.75) is 117 Å². The van der Waals surface area contributed by atoms with Crippen molar-refractivity contribution in [3.63, 3.8) is 0 Å².